The molecule has 0 aliphatic carbocycles. The third-order valence-electron chi connectivity index (χ3n) is 3.93. The zero-order valence-electron chi connectivity index (χ0n) is 13.3. The number of hydrogen-bond donors (Lipinski definition) is 1. The minimum absolute atomic E-state index is 0.00225. The number of piperazine rings is 1. The number of aliphatic hydroxyl groups is 1. The predicted molar refractivity (Wildman–Crippen MR) is 86.8 cm³/mol. The van der Waals surface area contributed by atoms with Gasteiger partial charge in [0.15, 0.2) is 0 Å². The van der Waals surface area contributed by atoms with Gasteiger partial charge in [0, 0.05) is 37.9 Å². The number of benzene rings is 1. The van der Waals surface area contributed by atoms with Crippen LogP contribution in [0.3, 0.4) is 0 Å². The monoisotopic (exact) mass is 378 g/mol. The molecule has 1 fully saturated rings. The van der Waals surface area contributed by atoms with E-state index in [1.54, 1.807) is 0 Å². The number of carbonyl (C=O) groups is 1. The van der Waals surface area contributed by atoms with Crippen LogP contribution >= 0.6 is 11.6 Å². The number of nitrogens with zero attached hydrogens (tertiary/aromatic N) is 4. The van der Waals surface area contributed by atoms with Gasteiger partial charge in [-0.1, -0.05) is 17.7 Å². The maximum Gasteiger partial charge on any atom is 0.416 e. The standard InChI is InChI=1S/C15H18ClF3N4O2/c1-20-23(22-6-4-21(5-7-22)14(25)10-24)9-11-2-3-12(8-13(11)16)15(17,18)19/h2-3,8,24H,1,4-7,9-10H2. The molecular formula is C15H18ClF3N4O2. The molecule has 0 unspecified atom stereocenters. The van der Waals surface area contributed by atoms with E-state index in [2.05, 4.69) is 11.8 Å². The highest BCUT2D eigenvalue weighted by atomic mass is 35.5. The Bertz CT molecular complexity index is 634. The molecule has 0 radical (unpaired) electrons. The highest BCUT2D eigenvalue weighted by Crippen LogP contribution is 2.32. The van der Waals surface area contributed by atoms with Gasteiger partial charge in [-0.15, -0.1) is 0 Å². The molecule has 138 valence electrons. The Kier molecular flexibility index (Phi) is 6.26. The number of rotatable bonds is 5. The van der Waals surface area contributed by atoms with Crippen LogP contribution in [0.25, 0.3) is 0 Å². The number of hydrazine groups is 1. The predicted octanol–water partition coefficient (Wildman–Crippen LogP) is 1.83. The summed E-state index contributed by atoms with van der Waals surface area (Å²) in [6.07, 6.45) is -4.45. The lowest BCUT2D eigenvalue weighted by Gasteiger charge is -2.39. The fourth-order valence-electron chi connectivity index (χ4n) is 2.52. The Morgan fingerprint density at radius 2 is 1.96 bits per heavy atom. The summed E-state index contributed by atoms with van der Waals surface area (Å²) in [6, 6.07) is 3.17. The van der Waals surface area contributed by atoms with Gasteiger partial charge in [0.05, 0.1) is 12.1 Å². The molecule has 0 aromatic heterocycles. The average molecular weight is 379 g/mol. The summed E-state index contributed by atoms with van der Waals surface area (Å²) in [4.78, 5) is 13.0. The van der Waals surface area contributed by atoms with E-state index >= 15 is 0 Å². The molecule has 0 atom stereocenters. The first-order chi connectivity index (χ1) is 11.8. The average Bonchev–Trinajstić information content (AvgIpc) is 2.59. The van der Waals surface area contributed by atoms with E-state index in [0.29, 0.717) is 31.7 Å². The quantitative estimate of drug-likeness (QED) is 0.627. The molecule has 1 aliphatic rings. The molecule has 1 amide bonds. The molecule has 6 nitrogen and oxygen atoms in total. The van der Waals surface area contributed by atoms with Crippen LogP contribution in [0.5, 0.6) is 0 Å². The zero-order chi connectivity index (χ0) is 18.6. The molecule has 25 heavy (non-hydrogen) atoms. The third kappa shape index (κ3) is 4.83. The van der Waals surface area contributed by atoms with Gasteiger partial charge in [0.2, 0.25) is 5.91 Å². The van der Waals surface area contributed by atoms with E-state index in [9.17, 15) is 18.0 Å². The summed E-state index contributed by atoms with van der Waals surface area (Å²) >= 11 is 5.97. The van der Waals surface area contributed by atoms with Crippen molar-refractivity contribution in [3.8, 4) is 0 Å². The zero-order valence-corrected chi connectivity index (χ0v) is 14.1. The molecule has 1 N–H and O–H groups in total. The third-order valence-corrected chi connectivity index (χ3v) is 4.28. The second kappa shape index (κ2) is 8.03. The van der Waals surface area contributed by atoms with Crippen molar-refractivity contribution in [3.05, 3.63) is 34.3 Å². The fraction of sp³-hybridized carbons (Fsp3) is 0.467. The van der Waals surface area contributed by atoms with Gasteiger partial charge >= 0.3 is 6.18 Å². The normalized spacial score (nSPS) is 16.0. The Morgan fingerprint density at radius 1 is 1.32 bits per heavy atom. The van der Waals surface area contributed by atoms with Crippen LogP contribution < -0.4 is 0 Å². The van der Waals surface area contributed by atoms with Crippen molar-refractivity contribution >= 4 is 24.2 Å². The van der Waals surface area contributed by atoms with Gasteiger partial charge in [-0.2, -0.15) is 18.3 Å². The van der Waals surface area contributed by atoms with E-state index in [4.69, 9.17) is 16.7 Å². The lowest BCUT2D eigenvalue weighted by atomic mass is 10.1. The van der Waals surface area contributed by atoms with E-state index < -0.39 is 18.3 Å². The fourth-order valence-corrected chi connectivity index (χ4v) is 2.76. The lowest BCUT2D eigenvalue weighted by molar-refractivity contribution is -0.140. The summed E-state index contributed by atoms with van der Waals surface area (Å²) < 4.78 is 38.1. The van der Waals surface area contributed by atoms with Crippen molar-refractivity contribution in [2.75, 3.05) is 32.8 Å². The smallest absolute Gasteiger partial charge is 0.387 e. The van der Waals surface area contributed by atoms with Crippen molar-refractivity contribution in [1.82, 2.24) is 15.0 Å². The Balaban J connectivity index is 2.03. The molecule has 2 rings (SSSR count). The second-order valence-corrected chi connectivity index (χ2v) is 5.88. The maximum absolute atomic E-state index is 12.7. The van der Waals surface area contributed by atoms with Crippen molar-refractivity contribution in [3.63, 3.8) is 0 Å². The van der Waals surface area contributed by atoms with Gasteiger partial charge in [-0.25, -0.2) is 10.1 Å². The van der Waals surface area contributed by atoms with Crippen LogP contribution in [-0.2, 0) is 17.5 Å². The van der Waals surface area contributed by atoms with Gasteiger partial charge < -0.3 is 10.0 Å². The molecule has 0 saturated carbocycles. The topological polar surface area (TPSA) is 59.4 Å². The molecule has 10 heteroatoms. The van der Waals surface area contributed by atoms with Crippen LogP contribution in [0.2, 0.25) is 5.02 Å². The molecule has 0 spiro atoms. The Labute approximate surface area is 148 Å². The maximum atomic E-state index is 12.7. The first kappa shape index (κ1) is 19.5. The summed E-state index contributed by atoms with van der Waals surface area (Å²) in [7, 11) is 0. The second-order valence-electron chi connectivity index (χ2n) is 5.47. The van der Waals surface area contributed by atoms with Gasteiger partial charge in [0.25, 0.3) is 0 Å². The van der Waals surface area contributed by atoms with Crippen LogP contribution in [0.15, 0.2) is 23.3 Å². The van der Waals surface area contributed by atoms with E-state index in [-0.39, 0.29) is 17.5 Å². The highest BCUT2D eigenvalue weighted by Gasteiger charge is 2.31. The summed E-state index contributed by atoms with van der Waals surface area (Å²) in [5.74, 6) is -0.344. The van der Waals surface area contributed by atoms with Crippen LogP contribution in [-0.4, -0.2) is 65.5 Å². The van der Waals surface area contributed by atoms with Gasteiger partial charge in [-0.3, -0.25) is 4.79 Å². The SMILES string of the molecule is C=NN(Cc1ccc(C(F)(F)F)cc1Cl)N1CCN(C(=O)CO)CC1. The number of halogens is 4. The van der Waals surface area contributed by atoms with Crippen molar-refractivity contribution in [2.45, 2.75) is 12.7 Å². The van der Waals surface area contributed by atoms with Crippen LogP contribution in [0.1, 0.15) is 11.1 Å². The summed E-state index contributed by atoms with van der Waals surface area (Å²) in [5, 5.41) is 16.1. The number of alkyl halides is 3. The van der Waals surface area contributed by atoms with Crippen molar-refractivity contribution in [2.24, 2.45) is 5.10 Å². The minimum Gasteiger partial charge on any atom is -0.387 e. The first-order valence-corrected chi connectivity index (χ1v) is 7.87. The molecular weight excluding hydrogens is 361 g/mol. The summed E-state index contributed by atoms with van der Waals surface area (Å²) in [6.45, 7) is 4.84. The van der Waals surface area contributed by atoms with E-state index in [0.717, 1.165) is 12.1 Å². The summed E-state index contributed by atoms with van der Waals surface area (Å²) in [5.41, 5.74) is -0.327. The van der Waals surface area contributed by atoms with Gasteiger partial charge in [-0.05, 0) is 17.7 Å². The minimum atomic E-state index is -4.45. The molecule has 1 heterocycles. The Morgan fingerprint density at radius 3 is 2.44 bits per heavy atom. The highest BCUT2D eigenvalue weighted by molar-refractivity contribution is 6.31. The molecule has 1 saturated heterocycles. The van der Waals surface area contributed by atoms with Crippen molar-refractivity contribution < 1.29 is 23.1 Å². The number of carbonyl (C=O) groups excluding carboxylic acids is 1. The first-order valence-electron chi connectivity index (χ1n) is 7.49. The number of aliphatic hydroxyl groups excluding tert-OH is 1. The number of hydrazone groups is 1. The molecule has 0 bridgehead atoms. The molecule has 1 aliphatic heterocycles. The lowest BCUT2D eigenvalue weighted by Crippen LogP contribution is -2.53. The van der Waals surface area contributed by atoms with E-state index in [1.807, 2.05) is 5.01 Å². The largest absolute Gasteiger partial charge is 0.416 e. The molecule has 1 aromatic carbocycles. The van der Waals surface area contributed by atoms with Crippen LogP contribution in [0, 0.1) is 0 Å². The number of amides is 1. The van der Waals surface area contributed by atoms with Crippen molar-refractivity contribution in [1.29, 1.82) is 0 Å². The van der Waals surface area contributed by atoms with Gasteiger partial charge in [0.1, 0.15) is 6.61 Å². The van der Waals surface area contributed by atoms with Crippen LogP contribution in [0.4, 0.5) is 13.2 Å². The van der Waals surface area contributed by atoms with E-state index in [1.165, 1.54) is 16.1 Å². The Hall–Kier alpha value is -1.84. The molecule has 1 aromatic rings. The number of hydrogen-bond acceptors (Lipinski definition) is 5.